The van der Waals surface area contributed by atoms with Gasteiger partial charge in [0.15, 0.2) is 5.65 Å². The highest BCUT2D eigenvalue weighted by atomic mass is 35.5. The Labute approximate surface area is 128 Å². The largest absolute Gasteiger partial charge is 0.352 e. The number of hydrogen-bond donors (Lipinski definition) is 0. The fourth-order valence-electron chi connectivity index (χ4n) is 2.38. The highest BCUT2D eigenvalue weighted by Crippen LogP contribution is 2.24. The fraction of sp³-hybridized carbons (Fsp3) is 0.0714. The summed E-state index contributed by atoms with van der Waals surface area (Å²) in [4.78, 5) is 17.6. The Morgan fingerprint density at radius 1 is 1.24 bits per heavy atom. The molecule has 0 amide bonds. The summed E-state index contributed by atoms with van der Waals surface area (Å²) in [6, 6.07) is 9.47. The maximum Gasteiger partial charge on any atom is 0.352 e. The van der Waals surface area contributed by atoms with Gasteiger partial charge in [-0.3, -0.25) is 4.57 Å². The first-order valence-electron chi connectivity index (χ1n) is 6.29. The van der Waals surface area contributed by atoms with Crippen molar-refractivity contribution in [3.05, 3.63) is 63.1 Å². The smallest absolute Gasteiger partial charge is 0.278 e. The standard InChI is InChI=1S/C14H9ClN4OS/c15-11-4-2-1-3-9(11)7-18-13-10(5-6-21-13)12-16-8-17-19(12)14(18)20/h1-6,8H,7H2. The van der Waals surface area contributed by atoms with Crippen molar-refractivity contribution in [3.8, 4) is 0 Å². The fourth-order valence-corrected chi connectivity index (χ4v) is 3.47. The highest BCUT2D eigenvalue weighted by molar-refractivity contribution is 7.16. The molecular weight excluding hydrogens is 308 g/mol. The molecule has 0 aliphatic rings. The molecule has 0 aliphatic heterocycles. The van der Waals surface area contributed by atoms with Crippen molar-refractivity contribution in [2.45, 2.75) is 6.54 Å². The number of fused-ring (bicyclic) bond motifs is 3. The van der Waals surface area contributed by atoms with Crippen LogP contribution < -0.4 is 5.69 Å². The van der Waals surface area contributed by atoms with Gasteiger partial charge in [0, 0.05) is 5.02 Å². The van der Waals surface area contributed by atoms with E-state index in [1.165, 1.54) is 22.2 Å². The summed E-state index contributed by atoms with van der Waals surface area (Å²) < 4.78 is 3.01. The third kappa shape index (κ3) is 1.87. The summed E-state index contributed by atoms with van der Waals surface area (Å²) in [6.45, 7) is 0.408. The van der Waals surface area contributed by atoms with Crippen LogP contribution in [-0.4, -0.2) is 19.2 Å². The lowest BCUT2D eigenvalue weighted by molar-refractivity contribution is 0.720. The minimum absolute atomic E-state index is 0.211. The van der Waals surface area contributed by atoms with Gasteiger partial charge in [-0.1, -0.05) is 29.8 Å². The second kappa shape index (κ2) is 4.68. The van der Waals surface area contributed by atoms with Gasteiger partial charge in [-0.05, 0) is 23.1 Å². The molecule has 3 heterocycles. The maximum absolute atomic E-state index is 12.6. The van der Waals surface area contributed by atoms with Gasteiger partial charge in [0.1, 0.15) is 11.2 Å². The Bertz CT molecular complexity index is 1020. The molecule has 0 spiro atoms. The third-order valence-corrected chi connectivity index (χ3v) is 4.68. The van der Waals surface area contributed by atoms with Crippen LogP contribution in [0.15, 0.2) is 46.8 Å². The second-order valence-electron chi connectivity index (χ2n) is 4.60. The van der Waals surface area contributed by atoms with Gasteiger partial charge in [-0.15, -0.1) is 11.3 Å². The zero-order chi connectivity index (χ0) is 14.4. The molecule has 7 heteroatoms. The van der Waals surface area contributed by atoms with Gasteiger partial charge in [-0.25, -0.2) is 9.78 Å². The Morgan fingerprint density at radius 2 is 2.10 bits per heavy atom. The molecule has 21 heavy (non-hydrogen) atoms. The van der Waals surface area contributed by atoms with Gasteiger partial charge in [0.25, 0.3) is 0 Å². The molecular formula is C14H9ClN4OS. The van der Waals surface area contributed by atoms with Crippen LogP contribution in [0.25, 0.3) is 15.9 Å². The van der Waals surface area contributed by atoms with E-state index in [1.807, 2.05) is 35.7 Å². The quantitative estimate of drug-likeness (QED) is 0.571. The van der Waals surface area contributed by atoms with Gasteiger partial charge >= 0.3 is 5.69 Å². The monoisotopic (exact) mass is 316 g/mol. The first-order chi connectivity index (χ1) is 10.3. The number of rotatable bonds is 2. The van der Waals surface area contributed by atoms with Crippen molar-refractivity contribution in [2.75, 3.05) is 0 Å². The van der Waals surface area contributed by atoms with E-state index in [-0.39, 0.29) is 5.69 Å². The molecule has 4 aromatic rings. The minimum atomic E-state index is -0.211. The number of aromatic nitrogens is 4. The van der Waals surface area contributed by atoms with Crippen LogP contribution in [0.5, 0.6) is 0 Å². The number of hydrogen-bond acceptors (Lipinski definition) is 4. The molecule has 0 saturated heterocycles. The summed E-state index contributed by atoms with van der Waals surface area (Å²) in [5.74, 6) is 0. The van der Waals surface area contributed by atoms with E-state index in [4.69, 9.17) is 11.6 Å². The topological polar surface area (TPSA) is 52.2 Å². The maximum atomic E-state index is 12.6. The van der Waals surface area contributed by atoms with E-state index >= 15 is 0 Å². The predicted octanol–water partition coefficient (Wildman–Crippen LogP) is 2.81. The summed E-state index contributed by atoms with van der Waals surface area (Å²) in [6.07, 6.45) is 1.40. The average molecular weight is 317 g/mol. The Kier molecular flexibility index (Phi) is 2.80. The molecule has 0 saturated carbocycles. The number of thiophene rings is 1. The van der Waals surface area contributed by atoms with Crippen LogP contribution in [0, 0.1) is 0 Å². The Balaban J connectivity index is 2.02. The van der Waals surface area contributed by atoms with E-state index < -0.39 is 0 Å². The number of nitrogens with zero attached hydrogens (tertiary/aromatic N) is 4. The summed E-state index contributed by atoms with van der Waals surface area (Å²) >= 11 is 7.71. The van der Waals surface area contributed by atoms with Crippen LogP contribution in [0.2, 0.25) is 5.02 Å². The zero-order valence-corrected chi connectivity index (χ0v) is 12.3. The van der Waals surface area contributed by atoms with Crippen LogP contribution >= 0.6 is 22.9 Å². The molecule has 0 atom stereocenters. The molecule has 1 aromatic carbocycles. The van der Waals surface area contributed by atoms with Gasteiger partial charge in [0.05, 0.1) is 11.9 Å². The molecule has 0 bridgehead atoms. The van der Waals surface area contributed by atoms with Crippen LogP contribution in [0.4, 0.5) is 0 Å². The minimum Gasteiger partial charge on any atom is -0.278 e. The average Bonchev–Trinajstić information content (AvgIpc) is 3.13. The predicted molar refractivity (Wildman–Crippen MR) is 83.2 cm³/mol. The Morgan fingerprint density at radius 3 is 2.95 bits per heavy atom. The van der Waals surface area contributed by atoms with E-state index in [0.717, 1.165) is 15.8 Å². The second-order valence-corrected chi connectivity index (χ2v) is 5.90. The molecule has 0 aliphatic carbocycles. The molecule has 0 N–H and O–H groups in total. The summed E-state index contributed by atoms with van der Waals surface area (Å²) in [5.41, 5.74) is 1.28. The van der Waals surface area contributed by atoms with Crippen molar-refractivity contribution in [3.63, 3.8) is 0 Å². The molecule has 4 rings (SSSR count). The van der Waals surface area contributed by atoms with Crippen molar-refractivity contribution < 1.29 is 0 Å². The van der Waals surface area contributed by atoms with Crippen molar-refractivity contribution in [2.24, 2.45) is 0 Å². The summed E-state index contributed by atoms with van der Waals surface area (Å²) in [7, 11) is 0. The van der Waals surface area contributed by atoms with Crippen LogP contribution in [0.3, 0.4) is 0 Å². The van der Waals surface area contributed by atoms with E-state index in [2.05, 4.69) is 10.1 Å². The lowest BCUT2D eigenvalue weighted by Crippen LogP contribution is -2.27. The van der Waals surface area contributed by atoms with E-state index in [0.29, 0.717) is 17.2 Å². The first-order valence-corrected chi connectivity index (χ1v) is 7.54. The molecule has 3 aromatic heterocycles. The van der Waals surface area contributed by atoms with Crippen molar-refractivity contribution in [1.82, 2.24) is 19.2 Å². The van der Waals surface area contributed by atoms with Crippen LogP contribution in [0.1, 0.15) is 5.56 Å². The lowest BCUT2D eigenvalue weighted by atomic mass is 10.2. The van der Waals surface area contributed by atoms with Gasteiger partial charge in [-0.2, -0.15) is 9.61 Å². The molecule has 5 nitrogen and oxygen atoms in total. The number of benzene rings is 1. The SMILES string of the molecule is O=c1n(Cc2ccccc2Cl)c2sccc2c2ncnn12. The molecule has 0 fully saturated rings. The normalized spacial score (nSPS) is 11.5. The molecule has 0 unspecified atom stereocenters. The molecule has 104 valence electrons. The number of halogens is 1. The third-order valence-electron chi connectivity index (χ3n) is 3.38. The van der Waals surface area contributed by atoms with Gasteiger partial charge < -0.3 is 0 Å². The van der Waals surface area contributed by atoms with Crippen LogP contribution in [-0.2, 0) is 6.54 Å². The zero-order valence-electron chi connectivity index (χ0n) is 10.7. The Hall–Kier alpha value is -2.18. The van der Waals surface area contributed by atoms with Gasteiger partial charge in [0.2, 0.25) is 0 Å². The highest BCUT2D eigenvalue weighted by Gasteiger charge is 2.14. The summed E-state index contributed by atoms with van der Waals surface area (Å²) in [5, 5.41) is 7.53. The van der Waals surface area contributed by atoms with E-state index in [1.54, 1.807) is 4.57 Å². The van der Waals surface area contributed by atoms with E-state index in [9.17, 15) is 4.79 Å². The van der Waals surface area contributed by atoms with Crippen molar-refractivity contribution in [1.29, 1.82) is 0 Å². The first kappa shape index (κ1) is 12.6. The lowest BCUT2D eigenvalue weighted by Gasteiger charge is -2.09. The molecule has 0 radical (unpaired) electrons. The van der Waals surface area contributed by atoms with Crippen molar-refractivity contribution >= 4 is 38.8 Å².